The van der Waals surface area contributed by atoms with Crippen LogP contribution in [-0.2, 0) is 18.8 Å². The SMILES string of the molecule is Cn1cc(CCOc2ccc(Br)cc2CBr)cn1. The summed E-state index contributed by atoms with van der Waals surface area (Å²) in [7, 11) is 1.92. The van der Waals surface area contributed by atoms with E-state index in [1.165, 1.54) is 5.56 Å². The normalized spacial score (nSPS) is 10.6. The maximum absolute atomic E-state index is 5.81. The smallest absolute Gasteiger partial charge is 0.123 e. The molecule has 2 aromatic rings. The van der Waals surface area contributed by atoms with Crippen molar-refractivity contribution in [3.05, 3.63) is 46.2 Å². The van der Waals surface area contributed by atoms with Crippen molar-refractivity contribution in [3.8, 4) is 5.75 Å². The van der Waals surface area contributed by atoms with E-state index in [0.717, 1.165) is 27.5 Å². The van der Waals surface area contributed by atoms with Crippen LogP contribution in [0.5, 0.6) is 5.75 Å². The standard InChI is InChI=1S/C13H14Br2N2O/c1-17-9-10(8-16-17)4-5-18-13-3-2-12(15)6-11(13)7-14/h2-3,6,8-9H,4-5,7H2,1H3. The third kappa shape index (κ3) is 3.59. The molecule has 0 amide bonds. The molecular weight excluding hydrogens is 360 g/mol. The first kappa shape index (κ1) is 13.6. The van der Waals surface area contributed by atoms with Gasteiger partial charge in [-0.15, -0.1) is 0 Å². The number of rotatable bonds is 5. The largest absolute Gasteiger partial charge is 0.493 e. The van der Waals surface area contributed by atoms with Crippen LogP contribution in [0.15, 0.2) is 35.1 Å². The summed E-state index contributed by atoms with van der Waals surface area (Å²) in [4.78, 5) is 0. The molecule has 0 saturated carbocycles. The number of aromatic nitrogens is 2. The highest BCUT2D eigenvalue weighted by Gasteiger charge is 2.04. The Labute approximate surface area is 123 Å². The first-order chi connectivity index (χ1) is 8.69. The molecule has 0 saturated heterocycles. The fourth-order valence-electron chi connectivity index (χ4n) is 1.67. The summed E-state index contributed by atoms with van der Waals surface area (Å²) in [5.41, 5.74) is 2.34. The van der Waals surface area contributed by atoms with Crippen molar-refractivity contribution in [1.29, 1.82) is 0 Å². The van der Waals surface area contributed by atoms with E-state index >= 15 is 0 Å². The predicted molar refractivity (Wildman–Crippen MR) is 79.2 cm³/mol. The van der Waals surface area contributed by atoms with Crippen molar-refractivity contribution in [2.45, 2.75) is 11.8 Å². The molecule has 0 radical (unpaired) electrons. The van der Waals surface area contributed by atoms with Crippen LogP contribution in [0.25, 0.3) is 0 Å². The number of alkyl halides is 1. The fourth-order valence-corrected chi connectivity index (χ4v) is 2.52. The Kier molecular flexibility index (Phi) is 4.83. The van der Waals surface area contributed by atoms with E-state index in [9.17, 15) is 0 Å². The number of hydrogen-bond donors (Lipinski definition) is 0. The van der Waals surface area contributed by atoms with Gasteiger partial charge in [0.15, 0.2) is 0 Å². The van der Waals surface area contributed by atoms with Gasteiger partial charge in [-0.1, -0.05) is 31.9 Å². The van der Waals surface area contributed by atoms with Crippen LogP contribution in [0.2, 0.25) is 0 Å². The Balaban J connectivity index is 1.94. The van der Waals surface area contributed by atoms with E-state index in [-0.39, 0.29) is 0 Å². The lowest BCUT2D eigenvalue weighted by atomic mass is 10.2. The van der Waals surface area contributed by atoms with Crippen molar-refractivity contribution >= 4 is 31.9 Å². The molecule has 1 aromatic carbocycles. The lowest BCUT2D eigenvalue weighted by Gasteiger charge is -2.09. The van der Waals surface area contributed by atoms with Crippen molar-refractivity contribution in [2.75, 3.05) is 6.61 Å². The van der Waals surface area contributed by atoms with E-state index in [4.69, 9.17) is 4.74 Å². The Morgan fingerprint density at radius 1 is 1.39 bits per heavy atom. The molecule has 1 aromatic heterocycles. The minimum atomic E-state index is 0.660. The van der Waals surface area contributed by atoms with Gasteiger partial charge in [0.25, 0.3) is 0 Å². The molecule has 0 aliphatic heterocycles. The average molecular weight is 374 g/mol. The molecule has 0 N–H and O–H groups in total. The first-order valence-electron chi connectivity index (χ1n) is 5.64. The molecule has 0 spiro atoms. The molecule has 0 aliphatic carbocycles. The lowest BCUT2D eigenvalue weighted by molar-refractivity contribution is 0.319. The molecule has 0 aliphatic rings. The lowest BCUT2D eigenvalue weighted by Crippen LogP contribution is -2.02. The van der Waals surface area contributed by atoms with E-state index in [1.807, 2.05) is 31.6 Å². The summed E-state index contributed by atoms with van der Waals surface area (Å²) < 4.78 is 8.68. The van der Waals surface area contributed by atoms with Crippen LogP contribution in [-0.4, -0.2) is 16.4 Å². The zero-order valence-electron chi connectivity index (χ0n) is 10.1. The molecule has 0 bridgehead atoms. The highest BCUT2D eigenvalue weighted by Crippen LogP contribution is 2.25. The zero-order valence-corrected chi connectivity index (χ0v) is 13.2. The van der Waals surface area contributed by atoms with Crippen LogP contribution < -0.4 is 4.74 Å². The highest BCUT2D eigenvalue weighted by atomic mass is 79.9. The van der Waals surface area contributed by atoms with Gasteiger partial charge in [-0.3, -0.25) is 4.68 Å². The Morgan fingerprint density at radius 3 is 2.89 bits per heavy atom. The molecule has 1 heterocycles. The minimum Gasteiger partial charge on any atom is -0.493 e. The van der Waals surface area contributed by atoms with Gasteiger partial charge in [0.1, 0.15) is 5.75 Å². The van der Waals surface area contributed by atoms with Crippen molar-refractivity contribution in [1.82, 2.24) is 9.78 Å². The van der Waals surface area contributed by atoms with Gasteiger partial charge in [0, 0.05) is 35.0 Å². The van der Waals surface area contributed by atoms with Gasteiger partial charge in [-0.05, 0) is 23.8 Å². The van der Waals surface area contributed by atoms with Gasteiger partial charge < -0.3 is 4.74 Å². The van der Waals surface area contributed by atoms with Crippen molar-refractivity contribution < 1.29 is 4.74 Å². The molecule has 0 fully saturated rings. The van der Waals surface area contributed by atoms with E-state index in [2.05, 4.69) is 43.0 Å². The Morgan fingerprint density at radius 2 is 2.22 bits per heavy atom. The van der Waals surface area contributed by atoms with Gasteiger partial charge in [-0.25, -0.2) is 0 Å². The summed E-state index contributed by atoms with van der Waals surface area (Å²) in [5.74, 6) is 0.930. The first-order valence-corrected chi connectivity index (χ1v) is 7.55. The molecule has 5 heteroatoms. The van der Waals surface area contributed by atoms with Crippen LogP contribution in [0.4, 0.5) is 0 Å². The molecule has 2 rings (SSSR count). The van der Waals surface area contributed by atoms with Gasteiger partial charge >= 0.3 is 0 Å². The second kappa shape index (κ2) is 6.38. The van der Waals surface area contributed by atoms with Gasteiger partial charge in [0.2, 0.25) is 0 Å². The molecule has 96 valence electrons. The molecule has 3 nitrogen and oxygen atoms in total. The number of halogens is 2. The minimum absolute atomic E-state index is 0.660. The molecule has 0 unspecified atom stereocenters. The van der Waals surface area contributed by atoms with Crippen molar-refractivity contribution in [2.24, 2.45) is 7.05 Å². The van der Waals surface area contributed by atoms with E-state index < -0.39 is 0 Å². The summed E-state index contributed by atoms with van der Waals surface area (Å²) in [6.07, 6.45) is 4.75. The molecule has 18 heavy (non-hydrogen) atoms. The number of ether oxygens (including phenoxy) is 1. The number of hydrogen-bond acceptors (Lipinski definition) is 2. The van der Waals surface area contributed by atoms with Gasteiger partial charge in [-0.2, -0.15) is 5.10 Å². The van der Waals surface area contributed by atoms with Crippen LogP contribution >= 0.6 is 31.9 Å². The van der Waals surface area contributed by atoms with Crippen LogP contribution in [0.1, 0.15) is 11.1 Å². The predicted octanol–water partition coefficient (Wildman–Crippen LogP) is 3.70. The quantitative estimate of drug-likeness (QED) is 0.747. The molecule has 0 atom stereocenters. The summed E-state index contributed by atoms with van der Waals surface area (Å²) in [6.45, 7) is 0.660. The third-order valence-corrected chi connectivity index (χ3v) is 3.67. The summed E-state index contributed by atoms with van der Waals surface area (Å²) >= 11 is 6.93. The monoisotopic (exact) mass is 372 g/mol. The second-order valence-electron chi connectivity index (χ2n) is 4.01. The van der Waals surface area contributed by atoms with E-state index in [0.29, 0.717) is 6.61 Å². The average Bonchev–Trinajstić information content (AvgIpc) is 2.77. The highest BCUT2D eigenvalue weighted by molar-refractivity contribution is 9.10. The van der Waals surface area contributed by atoms with Gasteiger partial charge in [0.05, 0.1) is 12.8 Å². The Bertz CT molecular complexity index is 525. The van der Waals surface area contributed by atoms with Crippen LogP contribution in [0, 0.1) is 0 Å². The zero-order chi connectivity index (χ0) is 13.0. The molecular formula is C13H14Br2N2O. The maximum atomic E-state index is 5.81. The number of benzene rings is 1. The third-order valence-electron chi connectivity index (χ3n) is 2.57. The topological polar surface area (TPSA) is 27.1 Å². The second-order valence-corrected chi connectivity index (χ2v) is 5.48. The van der Waals surface area contributed by atoms with E-state index in [1.54, 1.807) is 4.68 Å². The van der Waals surface area contributed by atoms with Crippen molar-refractivity contribution in [3.63, 3.8) is 0 Å². The number of nitrogens with zero attached hydrogens (tertiary/aromatic N) is 2. The number of aryl methyl sites for hydroxylation is 1. The fraction of sp³-hybridized carbons (Fsp3) is 0.308. The summed E-state index contributed by atoms with van der Waals surface area (Å²) in [6, 6.07) is 6.05. The maximum Gasteiger partial charge on any atom is 0.123 e. The van der Waals surface area contributed by atoms with Crippen LogP contribution in [0.3, 0.4) is 0 Å². The Hall–Kier alpha value is -0.810. The summed E-state index contributed by atoms with van der Waals surface area (Å²) in [5, 5.41) is 4.92.